The average molecular weight is 347 g/mol. The third-order valence-electron chi connectivity index (χ3n) is 5.05. The smallest absolute Gasteiger partial charge is 0.249 e. The molecule has 4 rings (SSSR count). The number of hydrogen-bond acceptors (Lipinski definition) is 6. The van der Waals surface area contributed by atoms with Gasteiger partial charge in [0.25, 0.3) is 0 Å². The molecule has 1 aliphatic heterocycles. The lowest BCUT2D eigenvalue weighted by molar-refractivity contribution is -0.134. The maximum absolute atomic E-state index is 13.1. The molecule has 6 nitrogen and oxygen atoms in total. The molecule has 1 saturated heterocycles. The second-order valence-electron chi connectivity index (χ2n) is 6.70. The summed E-state index contributed by atoms with van der Waals surface area (Å²) in [5, 5.41) is 5.97. The second kappa shape index (κ2) is 5.97. The number of likely N-dealkylation sites (tertiary alicyclic amines) is 1. The number of rotatable bonds is 4. The molecular weight excluding hydrogens is 326 g/mol. The summed E-state index contributed by atoms with van der Waals surface area (Å²) in [6, 6.07) is 1.95. The normalized spacial score (nSPS) is 29.2. The molecule has 0 spiro atoms. The van der Waals surface area contributed by atoms with Gasteiger partial charge in [-0.05, 0) is 37.3 Å². The van der Waals surface area contributed by atoms with Crippen LogP contribution < -0.4 is 0 Å². The van der Waals surface area contributed by atoms with Gasteiger partial charge in [-0.3, -0.25) is 4.79 Å². The number of hydrogen-bond donors (Lipinski definition) is 0. The first-order valence-corrected chi connectivity index (χ1v) is 9.14. The van der Waals surface area contributed by atoms with Gasteiger partial charge in [-0.2, -0.15) is 4.98 Å². The van der Waals surface area contributed by atoms with Gasteiger partial charge in [-0.1, -0.05) is 5.16 Å². The molecule has 2 aromatic heterocycles. The number of methoxy groups -OCH3 is 1. The van der Waals surface area contributed by atoms with Gasteiger partial charge in [-0.15, -0.1) is 11.3 Å². The molecule has 128 valence electrons. The van der Waals surface area contributed by atoms with E-state index in [-0.39, 0.29) is 24.0 Å². The van der Waals surface area contributed by atoms with E-state index in [1.165, 1.54) is 10.4 Å². The quantitative estimate of drug-likeness (QED) is 0.851. The Balaban J connectivity index is 1.53. The number of thiophene rings is 1. The number of carbonyl (C=O) groups excluding carboxylic acids is 1. The molecular formula is C17H21N3O3S. The molecule has 2 aliphatic rings. The van der Waals surface area contributed by atoms with Crippen molar-refractivity contribution in [3.05, 3.63) is 33.6 Å². The van der Waals surface area contributed by atoms with Crippen molar-refractivity contribution in [1.82, 2.24) is 15.0 Å². The monoisotopic (exact) mass is 347 g/mol. The van der Waals surface area contributed by atoms with Crippen LogP contribution in [0.15, 0.2) is 16.0 Å². The molecule has 0 radical (unpaired) electrons. The van der Waals surface area contributed by atoms with Gasteiger partial charge in [0.2, 0.25) is 11.8 Å². The molecule has 0 unspecified atom stereocenters. The molecule has 1 aliphatic carbocycles. The summed E-state index contributed by atoms with van der Waals surface area (Å²) in [5.74, 6) is 1.74. The zero-order chi connectivity index (χ0) is 16.8. The second-order valence-corrected chi connectivity index (χ2v) is 7.64. The fourth-order valence-electron chi connectivity index (χ4n) is 3.63. The molecule has 0 bridgehead atoms. The molecule has 2 aromatic rings. The first-order chi connectivity index (χ1) is 11.6. The van der Waals surface area contributed by atoms with E-state index in [9.17, 15) is 4.79 Å². The van der Waals surface area contributed by atoms with E-state index in [4.69, 9.17) is 9.26 Å². The average Bonchev–Trinajstić information content (AvgIpc) is 2.92. The van der Waals surface area contributed by atoms with E-state index in [1.807, 2.05) is 4.90 Å². The summed E-state index contributed by atoms with van der Waals surface area (Å²) >= 11 is 1.75. The zero-order valence-corrected chi connectivity index (χ0v) is 14.9. The van der Waals surface area contributed by atoms with Crippen LogP contribution in [0.4, 0.5) is 0 Å². The lowest BCUT2D eigenvalue weighted by atomic mass is 10.1. The van der Waals surface area contributed by atoms with E-state index in [0.717, 1.165) is 6.42 Å². The van der Waals surface area contributed by atoms with Crippen molar-refractivity contribution in [1.29, 1.82) is 0 Å². The Morgan fingerprint density at radius 3 is 2.88 bits per heavy atom. The summed E-state index contributed by atoms with van der Waals surface area (Å²) in [7, 11) is 1.68. The third kappa shape index (κ3) is 2.65. The molecule has 24 heavy (non-hydrogen) atoms. The molecule has 1 saturated carbocycles. The topological polar surface area (TPSA) is 68.5 Å². The maximum atomic E-state index is 13.1. The predicted octanol–water partition coefficient (Wildman–Crippen LogP) is 2.84. The first kappa shape index (κ1) is 15.8. The number of carbonyl (C=O) groups is 1. The van der Waals surface area contributed by atoms with Gasteiger partial charge < -0.3 is 14.2 Å². The summed E-state index contributed by atoms with van der Waals surface area (Å²) in [4.78, 5) is 20.6. The number of ether oxygens (including phenoxy) is 1. The van der Waals surface area contributed by atoms with Gasteiger partial charge in [0.05, 0.1) is 6.10 Å². The van der Waals surface area contributed by atoms with Gasteiger partial charge in [0, 0.05) is 36.8 Å². The van der Waals surface area contributed by atoms with E-state index in [1.54, 1.807) is 25.4 Å². The SMILES string of the molecule is CO[C@@H]1C[C@H](c2nc(C)no2)N(C(=O)[C@@H]2C[C@@H]2c2sccc2C)C1. The predicted molar refractivity (Wildman–Crippen MR) is 88.8 cm³/mol. The number of aromatic nitrogens is 2. The molecule has 7 heteroatoms. The van der Waals surface area contributed by atoms with Crippen molar-refractivity contribution in [2.45, 2.75) is 44.8 Å². The molecule has 2 fully saturated rings. The van der Waals surface area contributed by atoms with Crippen molar-refractivity contribution in [3.63, 3.8) is 0 Å². The van der Waals surface area contributed by atoms with Gasteiger partial charge in [-0.25, -0.2) is 0 Å². The fourth-order valence-corrected chi connectivity index (χ4v) is 4.74. The van der Waals surface area contributed by atoms with Gasteiger partial charge >= 0.3 is 0 Å². The zero-order valence-electron chi connectivity index (χ0n) is 14.1. The van der Waals surface area contributed by atoms with Crippen LogP contribution in [0.2, 0.25) is 0 Å². The molecule has 0 N–H and O–H groups in total. The van der Waals surface area contributed by atoms with Crippen LogP contribution in [0.3, 0.4) is 0 Å². The van der Waals surface area contributed by atoms with E-state index in [0.29, 0.717) is 30.6 Å². The highest BCUT2D eigenvalue weighted by Gasteiger charge is 2.50. The minimum atomic E-state index is -0.172. The van der Waals surface area contributed by atoms with Crippen molar-refractivity contribution >= 4 is 17.2 Å². The van der Waals surface area contributed by atoms with Gasteiger partial charge in [0.1, 0.15) is 6.04 Å². The lowest BCUT2D eigenvalue weighted by Gasteiger charge is -2.21. The fraction of sp³-hybridized carbons (Fsp3) is 0.588. The van der Waals surface area contributed by atoms with Crippen LogP contribution in [0.1, 0.15) is 47.0 Å². The first-order valence-electron chi connectivity index (χ1n) is 8.26. The lowest BCUT2D eigenvalue weighted by Crippen LogP contribution is -2.33. The summed E-state index contributed by atoms with van der Waals surface area (Å²) in [5.41, 5.74) is 1.29. The van der Waals surface area contributed by atoms with Crippen molar-refractivity contribution in [2.24, 2.45) is 5.92 Å². The summed E-state index contributed by atoms with van der Waals surface area (Å²) < 4.78 is 10.8. The molecule has 0 aromatic carbocycles. The molecule has 4 atom stereocenters. The summed E-state index contributed by atoms with van der Waals surface area (Å²) in [6.07, 6.45) is 1.66. The number of aryl methyl sites for hydroxylation is 2. The van der Waals surface area contributed by atoms with Crippen molar-refractivity contribution in [2.75, 3.05) is 13.7 Å². The minimum Gasteiger partial charge on any atom is -0.380 e. The van der Waals surface area contributed by atoms with Crippen LogP contribution in [-0.2, 0) is 9.53 Å². The Labute approximate surface area is 144 Å². The van der Waals surface area contributed by atoms with Crippen LogP contribution >= 0.6 is 11.3 Å². The molecule has 3 heterocycles. The molecule has 1 amide bonds. The summed E-state index contributed by atoms with van der Waals surface area (Å²) in [6.45, 7) is 4.50. The highest BCUT2D eigenvalue weighted by Crippen LogP contribution is 2.52. The third-order valence-corrected chi connectivity index (χ3v) is 6.20. The Kier molecular flexibility index (Phi) is 3.92. The Morgan fingerprint density at radius 2 is 2.25 bits per heavy atom. The Bertz CT molecular complexity index is 756. The maximum Gasteiger partial charge on any atom is 0.249 e. The standard InChI is InChI=1S/C17H21N3O3S/c1-9-4-5-24-15(9)12-7-13(12)17(21)20-8-11(22-3)6-14(20)16-18-10(2)19-23-16/h4-5,11-14H,6-8H2,1-3H3/t11-,12+,13-,14-/m1/s1. The highest BCUT2D eigenvalue weighted by atomic mass is 32.1. The van der Waals surface area contributed by atoms with Crippen LogP contribution in [0.25, 0.3) is 0 Å². The van der Waals surface area contributed by atoms with Crippen molar-refractivity contribution in [3.8, 4) is 0 Å². The highest BCUT2D eigenvalue weighted by molar-refractivity contribution is 7.10. The van der Waals surface area contributed by atoms with E-state index >= 15 is 0 Å². The number of nitrogens with zero attached hydrogens (tertiary/aromatic N) is 3. The van der Waals surface area contributed by atoms with Crippen LogP contribution in [0.5, 0.6) is 0 Å². The van der Waals surface area contributed by atoms with Crippen molar-refractivity contribution < 1.29 is 14.1 Å². The van der Waals surface area contributed by atoms with E-state index in [2.05, 4.69) is 28.5 Å². The largest absolute Gasteiger partial charge is 0.380 e. The van der Waals surface area contributed by atoms with E-state index < -0.39 is 0 Å². The van der Waals surface area contributed by atoms with Gasteiger partial charge in [0.15, 0.2) is 5.82 Å². The van der Waals surface area contributed by atoms with Crippen LogP contribution in [0, 0.1) is 19.8 Å². The number of amides is 1. The Hall–Kier alpha value is -1.73. The van der Waals surface area contributed by atoms with Crippen LogP contribution in [-0.4, -0.2) is 40.7 Å². The Morgan fingerprint density at radius 1 is 1.42 bits per heavy atom. The minimum absolute atomic E-state index is 0.0202.